The summed E-state index contributed by atoms with van der Waals surface area (Å²) < 4.78 is 0. The fourth-order valence-electron chi connectivity index (χ4n) is 2.52. The van der Waals surface area contributed by atoms with Crippen molar-refractivity contribution in [2.75, 3.05) is 5.32 Å². The van der Waals surface area contributed by atoms with E-state index in [9.17, 15) is 4.79 Å². The van der Waals surface area contributed by atoms with Crippen molar-refractivity contribution in [2.24, 2.45) is 5.92 Å². The van der Waals surface area contributed by atoms with Crippen molar-refractivity contribution in [3.63, 3.8) is 0 Å². The molecule has 0 saturated heterocycles. The Kier molecular flexibility index (Phi) is 4.15. The molecule has 0 aliphatic rings. The Bertz CT molecular complexity index is 778. The smallest absolute Gasteiger partial charge is 0.227 e. The maximum atomic E-state index is 12.4. The van der Waals surface area contributed by atoms with Gasteiger partial charge in [-0.25, -0.2) is 0 Å². The van der Waals surface area contributed by atoms with Crippen molar-refractivity contribution in [1.29, 1.82) is 0 Å². The molecule has 0 spiro atoms. The van der Waals surface area contributed by atoms with Gasteiger partial charge in [-0.2, -0.15) is 0 Å². The summed E-state index contributed by atoms with van der Waals surface area (Å²) in [5, 5.41) is 4.03. The Morgan fingerprint density at radius 2 is 1.82 bits per heavy atom. The third-order valence-electron chi connectivity index (χ3n) is 3.72. The van der Waals surface area contributed by atoms with Crippen LogP contribution in [0.15, 0.2) is 66.9 Å². The monoisotopic (exact) mass is 290 g/mol. The molecular weight excluding hydrogens is 272 g/mol. The second kappa shape index (κ2) is 6.39. The second-order valence-corrected chi connectivity index (χ2v) is 5.46. The second-order valence-electron chi connectivity index (χ2n) is 5.46. The molecule has 1 heterocycles. The molecular formula is C19H18N2O. The van der Waals surface area contributed by atoms with Crippen LogP contribution in [0, 0.1) is 5.92 Å². The molecule has 1 N–H and O–H groups in total. The number of amides is 1. The first-order chi connectivity index (χ1) is 10.7. The molecule has 3 heteroatoms. The van der Waals surface area contributed by atoms with Crippen LogP contribution in [0.4, 0.5) is 5.69 Å². The normalized spacial score (nSPS) is 12.0. The van der Waals surface area contributed by atoms with Gasteiger partial charge in [-0.15, -0.1) is 0 Å². The molecule has 0 radical (unpaired) electrons. The largest absolute Gasteiger partial charge is 0.324 e. The first kappa shape index (κ1) is 14.3. The van der Waals surface area contributed by atoms with E-state index in [4.69, 9.17) is 0 Å². The topological polar surface area (TPSA) is 42.0 Å². The Hall–Kier alpha value is -2.68. The van der Waals surface area contributed by atoms with Gasteiger partial charge in [0.05, 0.1) is 11.2 Å². The summed E-state index contributed by atoms with van der Waals surface area (Å²) in [4.78, 5) is 16.8. The molecule has 1 aromatic heterocycles. The number of nitrogens with one attached hydrogen (secondary N) is 1. The third-order valence-corrected chi connectivity index (χ3v) is 3.72. The number of hydrogen-bond acceptors (Lipinski definition) is 2. The number of nitrogens with zero attached hydrogens (tertiary/aromatic N) is 1. The maximum absolute atomic E-state index is 12.4. The molecule has 0 aliphatic carbocycles. The number of pyridine rings is 1. The molecule has 0 aliphatic heterocycles. The highest BCUT2D eigenvalue weighted by Gasteiger charge is 2.15. The average molecular weight is 290 g/mol. The van der Waals surface area contributed by atoms with E-state index in [0.717, 1.165) is 23.0 Å². The van der Waals surface area contributed by atoms with Crippen molar-refractivity contribution >= 4 is 22.5 Å². The van der Waals surface area contributed by atoms with Gasteiger partial charge in [0.2, 0.25) is 5.91 Å². The Labute approximate surface area is 130 Å². The molecule has 0 saturated carbocycles. The Balaban J connectivity index is 1.75. The van der Waals surface area contributed by atoms with Gasteiger partial charge in [0.1, 0.15) is 0 Å². The van der Waals surface area contributed by atoms with Crippen molar-refractivity contribution < 1.29 is 4.79 Å². The maximum Gasteiger partial charge on any atom is 0.227 e. The molecule has 1 amide bonds. The number of hydrogen-bond donors (Lipinski definition) is 1. The van der Waals surface area contributed by atoms with E-state index in [-0.39, 0.29) is 11.8 Å². The van der Waals surface area contributed by atoms with E-state index in [1.54, 1.807) is 6.20 Å². The lowest BCUT2D eigenvalue weighted by Gasteiger charge is -2.13. The lowest BCUT2D eigenvalue weighted by molar-refractivity contribution is -0.119. The lowest BCUT2D eigenvalue weighted by atomic mass is 10.0. The van der Waals surface area contributed by atoms with E-state index in [0.29, 0.717) is 0 Å². The summed E-state index contributed by atoms with van der Waals surface area (Å²) in [6.45, 7) is 1.95. The van der Waals surface area contributed by atoms with E-state index < -0.39 is 0 Å². The predicted molar refractivity (Wildman–Crippen MR) is 89.7 cm³/mol. The number of para-hydroxylation sites is 1. The predicted octanol–water partition coefficient (Wildman–Crippen LogP) is 4.05. The average Bonchev–Trinajstić information content (AvgIpc) is 2.56. The highest BCUT2D eigenvalue weighted by molar-refractivity contribution is 6.00. The van der Waals surface area contributed by atoms with E-state index in [1.165, 1.54) is 5.56 Å². The van der Waals surface area contributed by atoms with Gasteiger partial charge in [-0.1, -0.05) is 55.5 Å². The van der Waals surface area contributed by atoms with Crippen LogP contribution < -0.4 is 5.32 Å². The molecule has 0 bridgehead atoms. The van der Waals surface area contributed by atoms with Crippen LogP contribution >= 0.6 is 0 Å². The molecule has 3 aromatic rings. The number of carbonyl (C=O) groups is 1. The number of fused-ring (bicyclic) bond motifs is 1. The van der Waals surface area contributed by atoms with Crippen molar-refractivity contribution in [1.82, 2.24) is 4.98 Å². The van der Waals surface area contributed by atoms with Crippen LogP contribution in [0.3, 0.4) is 0 Å². The van der Waals surface area contributed by atoms with Crippen molar-refractivity contribution in [2.45, 2.75) is 13.3 Å². The minimum Gasteiger partial charge on any atom is -0.324 e. The zero-order valence-electron chi connectivity index (χ0n) is 12.5. The van der Waals surface area contributed by atoms with Gasteiger partial charge in [-0.3, -0.25) is 9.78 Å². The summed E-state index contributed by atoms with van der Waals surface area (Å²) in [5.41, 5.74) is 2.76. The SMILES string of the molecule is CC(Cc1ccccc1)C(=O)Nc1cccc2cccnc12. The number of benzene rings is 2. The fourth-order valence-corrected chi connectivity index (χ4v) is 2.52. The van der Waals surface area contributed by atoms with Gasteiger partial charge in [0, 0.05) is 17.5 Å². The standard InChI is InChI=1S/C19H18N2O/c1-14(13-15-7-3-2-4-8-15)19(22)21-17-11-5-9-16-10-6-12-20-18(16)17/h2-12,14H,13H2,1H3,(H,21,22). The molecule has 0 fully saturated rings. The first-order valence-electron chi connectivity index (χ1n) is 7.42. The third kappa shape index (κ3) is 3.14. The highest BCUT2D eigenvalue weighted by Crippen LogP contribution is 2.21. The summed E-state index contributed by atoms with van der Waals surface area (Å²) in [6, 6.07) is 19.8. The quantitative estimate of drug-likeness (QED) is 0.787. The lowest BCUT2D eigenvalue weighted by Crippen LogP contribution is -2.22. The van der Waals surface area contributed by atoms with E-state index in [2.05, 4.69) is 10.3 Å². The first-order valence-corrected chi connectivity index (χ1v) is 7.42. The van der Waals surface area contributed by atoms with E-state index in [1.807, 2.05) is 67.6 Å². The van der Waals surface area contributed by atoms with Crippen molar-refractivity contribution in [3.8, 4) is 0 Å². The van der Waals surface area contributed by atoms with Gasteiger partial charge >= 0.3 is 0 Å². The Morgan fingerprint density at radius 1 is 1.05 bits per heavy atom. The molecule has 3 rings (SSSR count). The molecule has 2 aromatic carbocycles. The minimum atomic E-state index is -0.0960. The highest BCUT2D eigenvalue weighted by atomic mass is 16.1. The molecule has 22 heavy (non-hydrogen) atoms. The van der Waals surface area contributed by atoms with Gasteiger partial charge in [-0.05, 0) is 24.1 Å². The fraction of sp³-hybridized carbons (Fsp3) is 0.158. The van der Waals surface area contributed by atoms with Gasteiger partial charge in [0.15, 0.2) is 0 Å². The summed E-state index contributed by atoms with van der Waals surface area (Å²) in [6.07, 6.45) is 2.47. The summed E-state index contributed by atoms with van der Waals surface area (Å²) in [7, 11) is 0. The van der Waals surface area contributed by atoms with Gasteiger partial charge in [0.25, 0.3) is 0 Å². The molecule has 110 valence electrons. The molecule has 1 atom stereocenters. The Morgan fingerprint density at radius 3 is 2.64 bits per heavy atom. The van der Waals surface area contributed by atoms with Crippen molar-refractivity contribution in [3.05, 3.63) is 72.4 Å². The molecule has 3 nitrogen and oxygen atoms in total. The van der Waals surface area contributed by atoms with Crippen LogP contribution in [-0.4, -0.2) is 10.9 Å². The zero-order valence-corrected chi connectivity index (χ0v) is 12.5. The van der Waals surface area contributed by atoms with Crippen LogP contribution in [0.2, 0.25) is 0 Å². The number of aromatic nitrogens is 1. The number of rotatable bonds is 4. The van der Waals surface area contributed by atoms with Crippen LogP contribution in [0.1, 0.15) is 12.5 Å². The number of anilines is 1. The zero-order chi connectivity index (χ0) is 15.4. The van der Waals surface area contributed by atoms with Crippen LogP contribution in [0.25, 0.3) is 10.9 Å². The molecule has 1 unspecified atom stereocenters. The minimum absolute atomic E-state index is 0.0157. The van der Waals surface area contributed by atoms with Gasteiger partial charge < -0.3 is 5.32 Å². The van der Waals surface area contributed by atoms with E-state index >= 15 is 0 Å². The van der Waals surface area contributed by atoms with Crippen LogP contribution in [0.5, 0.6) is 0 Å². The van der Waals surface area contributed by atoms with Crippen LogP contribution in [-0.2, 0) is 11.2 Å². The summed E-state index contributed by atoms with van der Waals surface area (Å²) in [5.74, 6) is -0.0802. The number of carbonyl (C=O) groups excluding carboxylic acids is 1. The summed E-state index contributed by atoms with van der Waals surface area (Å²) >= 11 is 0.